The van der Waals surface area contributed by atoms with Crippen LogP contribution >= 0.6 is 0 Å². The highest BCUT2D eigenvalue weighted by molar-refractivity contribution is 6.07. The molecule has 2 aliphatic carbocycles. The first kappa shape index (κ1) is 44.8. The molecule has 5 aliphatic rings. The standard InChI is InChI=1S/C49H50F3N7O9/c1-63-35-14-11-29(22-38(35)64-2)41-32-5-3-4-6-33(32)46(60)59(57-41)31-17-19-58(20-18-31)47(61)34(21-27-9-12-30(13-10-27)49(50,51)52)56-48(62)68-39-23-53-44-42(39)54-25-55-43(44)40-36(65-24-28-7-8-28)15-16-37-45(40)67-26-66-37/h9-16,22-23,25,28,31-34,53H,3-8,17-21,24,26H2,1-2H3,(H,56,62)/t32-,33+,34+/m0/s1. The highest BCUT2D eigenvalue weighted by Crippen LogP contribution is 2.49. The Bertz CT molecular complexity index is 2750. The van der Waals surface area contributed by atoms with E-state index < -0.39 is 29.8 Å². The van der Waals surface area contributed by atoms with E-state index in [0.717, 1.165) is 61.9 Å². The molecule has 356 valence electrons. The Labute approximate surface area is 389 Å². The van der Waals surface area contributed by atoms with E-state index in [1.165, 1.54) is 24.7 Å². The summed E-state index contributed by atoms with van der Waals surface area (Å²) in [6.45, 7) is 1.01. The Balaban J connectivity index is 0.878. The third kappa shape index (κ3) is 8.92. The minimum Gasteiger partial charge on any atom is -0.493 e. The summed E-state index contributed by atoms with van der Waals surface area (Å²) in [6, 6.07) is 12.1. The normalized spacial score (nSPS) is 19.8. The first-order chi connectivity index (χ1) is 33.0. The molecule has 1 saturated heterocycles. The number of aromatic amines is 1. The molecule has 3 aliphatic heterocycles. The smallest absolute Gasteiger partial charge is 0.416 e. The molecule has 3 amide bonds. The summed E-state index contributed by atoms with van der Waals surface area (Å²) in [5, 5.41) is 9.33. The van der Waals surface area contributed by atoms with Gasteiger partial charge < -0.3 is 43.6 Å². The van der Waals surface area contributed by atoms with Crippen molar-refractivity contribution < 1.29 is 56.0 Å². The number of fused-ring (bicyclic) bond motifs is 3. The van der Waals surface area contributed by atoms with Crippen molar-refractivity contribution in [2.75, 3.05) is 40.7 Å². The van der Waals surface area contributed by atoms with Crippen LogP contribution in [0.2, 0.25) is 0 Å². The first-order valence-electron chi connectivity index (χ1n) is 22.9. The van der Waals surface area contributed by atoms with E-state index in [9.17, 15) is 27.6 Å². The molecule has 3 fully saturated rings. The second-order valence-corrected chi connectivity index (χ2v) is 17.8. The number of rotatable bonds is 13. The van der Waals surface area contributed by atoms with Gasteiger partial charge in [-0.1, -0.05) is 25.0 Å². The molecule has 0 bridgehead atoms. The minimum atomic E-state index is -4.56. The van der Waals surface area contributed by atoms with Gasteiger partial charge in [0.2, 0.25) is 18.6 Å². The molecule has 68 heavy (non-hydrogen) atoms. The molecule has 2 saturated carbocycles. The topological polar surface area (TPSA) is 179 Å². The van der Waals surface area contributed by atoms with Gasteiger partial charge in [0.1, 0.15) is 29.3 Å². The van der Waals surface area contributed by atoms with Crippen molar-refractivity contribution in [3.63, 3.8) is 0 Å². The van der Waals surface area contributed by atoms with Crippen LogP contribution in [-0.4, -0.2) is 101 Å². The maximum atomic E-state index is 14.5. The van der Waals surface area contributed by atoms with E-state index in [-0.39, 0.29) is 61.4 Å². The van der Waals surface area contributed by atoms with Crippen LogP contribution in [0.1, 0.15) is 68.1 Å². The Kier molecular flexibility index (Phi) is 12.2. The highest BCUT2D eigenvalue weighted by Gasteiger charge is 2.44. The number of benzene rings is 3. The van der Waals surface area contributed by atoms with Crippen molar-refractivity contribution in [2.24, 2.45) is 22.9 Å². The molecule has 3 aromatic carbocycles. The lowest BCUT2D eigenvalue weighted by atomic mass is 9.73. The van der Waals surface area contributed by atoms with Crippen LogP contribution in [0, 0.1) is 17.8 Å². The number of carbonyl (C=O) groups excluding carboxylic acids is 3. The van der Waals surface area contributed by atoms with E-state index in [1.54, 1.807) is 36.3 Å². The summed E-state index contributed by atoms with van der Waals surface area (Å²) in [5.74, 6) is 2.40. The van der Waals surface area contributed by atoms with Crippen molar-refractivity contribution in [3.8, 4) is 45.8 Å². The molecule has 19 heteroatoms. The molecule has 5 aromatic rings. The molecule has 3 atom stereocenters. The van der Waals surface area contributed by atoms with Crippen LogP contribution in [-0.2, 0) is 22.2 Å². The number of halogens is 3. The number of amides is 3. The molecule has 0 unspecified atom stereocenters. The number of likely N-dealkylation sites (tertiary alicyclic amines) is 1. The average Bonchev–Trinajstić information content (AvgIpc) is 3.91. The Morgan fingerprint density at radius 1 is 0.882 bits per heavy atom. The van der Waals surface area contributed by atoms with Crippen LogP contribution in [0.4, 0.5) is 18.0 Å². The van der Waals surface area contributed by atoms with Crippen molar-refractivity contribution in [1.29, 1.82) is 0 Å². The van der Waals surface area contributed by atoms with Gasteiger partial charge >= 0.3 is 12.3 Å². The fraction of sp³-hybridized carbons (Fsp3) is 0.429. The number of nitrogens with one attached hydrogen (secondary N) is 2. The lowest BCUT2D eigenvalue weighted by Crippen LogP contribution is -2.56. The number of piperidine rings is 1. The van der Waals surface area contributed by atoms with Crippen LogP contribution in [0.25, 0.3) is 22.3 Å². The zero-order chi connectivity index (χ0) is 47.1. The zero-order valence-electron chi connectivity index (χ0n) is 37.5. The van der Waals surface area contributed by atoms with E-state index in [4.69, 9.17) is 33.5 Å². The third-order valence-electron chi connectivity index (χ3n) is 13.5. The number of methoxy groups -OCH3 is 2. The number of aromatic nitrogens is 3. The molecule has 2 N–H and O–H groups in total. The van der Waals surface area contributed by atoms with Crippen molar-refractivity contribution in [1.82, 2.24) is 30.2 Å². The third-order valence-corrected chi connectivity index (χ3v) is 13.5. The number of H-pyrrole nitrogens is 1. The second-order valence-electron chi connectivity index (χ2n) is 17.8. The summed E-state index contributed by atoms with van der Waals surface area (Å²) >= 11 is 0. The van der Waals surface area contributed by atoms with Crippen molar-refractivity contribution in [3.05, 3.63) is 83.8 Å². The fourth-order valence-electron chi connectivity index (χ4n) is 9.75. The largest absolute Gasteiger partial charge is 0.493 e. The lowest BCUT2D eigenvalue weighted by Gasteiger charge is -2.43. The lowest BCUT2D eigenvalue weighted by molar-refractivity contribution is -0.143. The monoisotopic (exact) mass is 937 g/mol. The van der Waals surface area contributed by atoms with Gasteiger partial charge in [0.25, 0.3) is 0 Å². The summed E-state index contributed by atoms with van der Waals surface area (Å²) in [5.41, 5.74) is 2.85. The number of carbonyl (C=O) groups is 3. The predicted octanol–water partition coefficient (Wildman–Crippen LogP) is 7.92. The molecule has 0 spiro atoms. The molecular weight excluding hydrogens is 888 g/mol. The van der Waals surface area contributed by atoms with Gasteiger partial charge in [0.05, 0.1) is 49.2 Å². The fourth-order valence-corrected chi connectivity index (χ4v) is 9.75. The zero-order valence-corrected chi connectivity index (χ0v) is 37.5. The van der Waals surface area contributed by atoms with Gasteiger partial charge in [-0.2, -0.15) is 18.3 Å². The summed E-state index contributed by atoms with van der Waals surface area (Å²) in [6.07, 6.45) is 3.59. The average molecular weight is 938 g/mol. The van der Waals surface area contributed by atoms with E-state index >= 15 is 0 Å². The predicted molar refractivity (Wildman–Crippen MR) is 240 cm³/mol. The number of hydrogen-bond acceptors (Lipinski definition) is 12. The summed E-state index contributed by atoms with van der Waals surface area (Å²) in [4.78, 5) is 56.1. The van der Waals surface area contributed by atoms with Crippen LogP contribution in [0.5, 0.6) is 34.5 Å². The van der Waals surface area contributed by atoms with Crippen molar-refractivity contribution in [2.45, 2.75) is 76.0 Å². The Morgan fingerprint density at radius 3 is 2.37 bits per heavy atom. The molecule has 10 rings (SSSR count). The number of nitrogens with zero attached hydrogens (tertiary/aromatic N) is 5. The van der Waals surface area contributed by atoms with Gasteiger partial charge in [0.15, 0.2) is 28.7 Å². The Hall–Kier alpha value is -7.05. The quantitative estimate of drug-likeness (QED) is 0.117. The number of alkyl halides is 3. The summed E-state index contributed by atoms with van der Waals surface area (Å²) in [7, 11) is 3.15. The maximum absolute atomic E-state index is 14.5. The van der Waals surface area contributed by atoms with E-state index in [1.807, 2.05) is 18.2 Å². The molecule has 2 aromatic heterocycles. The van der Waals surface area contributed by atoms with Gasteiger partial charge in [-0.3, -0.25) is 9.59 Å². The van der Waals surface area contributed by atoms with Gasteiger partial charge in [-0.15, -0.1) is 0 Å². The second kappa shape index (κ2) is 18.6. The van der Waals surface area contributed by atoms with Crippen LogP contribution < -0.4 is 33.7 Å². The van der Waals surface area contributed by atoms with Gasteiger partial charge in [0, 0.05) is 43.1 Å². The number of hydrogen-bond donors (Lipinski definition) is 2. The van der Waals surface area contributed by atoms with Crippen molar-refractivity contribution >= 4 is 34.7 Å². The first-order valence-corrected chi connectivity index (χ1v) is 22.9. The Morgan fingerprint density at radius 2 is 1.63 bits per heavy atom. The van der Waals surface area contributed by atoms with Gasteiger partial charge in [-0.05, 0) is 92.5 Å². The number of hydrazone groups is 1. The van der Waals surface area contributed by atoms with E-state index in [0.29, 0.717) is 76.5 Å². The molecule has 5 heterocycles. The SMILES string of the molecule is COc1ccc(C2=NN(C3CCN(C(=O)[C@@H](Cc4ccc(C(F)(F)F)cc4)NC(=O)Oc4c[nH]c5c(-c6c(OCC7CC7)ccc7c6OCO7)ncnc45)CC3)C(=O)[C@@H]3CCCC[C@H]23)cc1OC. The van der Waals surface area contributed by atoms with E-state index in [2.05, 4.69) is 20.3 Å². The minimum absolute atomic E-state index is 0.0161. The summed E-state index contributed by atoms with van der Waals surface area (Å²) < 4.78 is 75.2. The molecular formula is C49H50F3N7O9. The highest BCUT2D eigenvalue weighted by atomic mass is 19.4. The van der Waals surface area contributed by atoms with Crippen LogP contribution in [0.3, 0.4) is 0 Å². The van der Waals surface area contributed by atoms with Crippen LogP contribution in [0.15, 0.2) is 72.2 Å². The molecule has 0 radical (unpaired) electrons. The molecule has 16 nitrogen and oxygen atoms in total. The maximum Gasteiger partial charge on any atom is 0.416 e. The number of ether oxygens (including phenoxy) is 6. The van der Waals surface area contributed by atoms with Gasteiger partial charge in [-0.25, -0.2) is 19.8 Å².